The maximum Gasteiger partial charge on any atom is 0.319 e. The van der Waals surface area contributed by atoms with Gasteiger partial charge in [0.25, 0.3) is 5.91 Å². The Bertz CT molecular complexity index is 990. The van der Waals surface area contributed by atoms with Gasteiger partial charge in [-0.3, -0.25) is 4.79 Å². The Morgan fingerprint density at radius 2 is 1.79 bits per heavy atom. The Morgan fingerprint density at radius 1 is 1.03 bits per heavy atom. The Morgan fingerprint density at radius 3 is 2.41 bits per heavy atom. The van der Waals surface area contributed by atoms with E-state index in [2.05, 4.69) is 16.0 Å². The van der Waals surface area contributed by atoms with Crippen LogP contribution in [0.5, 0.6) is 0 Å². The van der Waals surface area contributed by atoms with Crippen LogP contribution in [0.1, 0.15) is 36.4 Å². The van der Waals surface area contributed by atoms with Crippen molar-refractivity contribution in [1.29, 1.82) is 0 Å². The number of rotatable bonds is 6. The molecular weight excluding hydrogens is 390 g/mol. The minimum Gasteiger partial charge on any atom is -0.459 e. The summed E-state index contributed by atoms with van der Waals surface area (Å²) in [6.45, 7) is 3.99. The van der Waals surface area contributed by atoms with Gasteiger partial charge < -0.3 is 20.4 Å². The summed E-state index contributed by atoms with van der Waals surface area (Å²) in [5, 5.41) is 8.77. The number of nitrogens with one attached hydrogen (secondary N) is 3. The molecule has 0 saturated carbocycles. The topological polar surface area (TPSA) is 83.4 Å². The van der Waals surface area contributed by atoms with Crippen LogP contribution < -0.4 is 16.0 Å². The van der Waals surface area contributed by atoms with E-state index in [1.165, 1.54) is 6.26 Å². The maximum absolute atomic E-state index is 12.5. The molecule has 0 saturated heterocycles. The number of carbonyl (C=O) groups excluding carboxylic acids is 2. The van der Waals surface area contributed by atoms with E-state index >= 15 is 0 Å². The van der Waals surface area contributed by atoms with Crippen molar-refractivity contribution >= 4 is 34.9 Å². The van der Waals surface area contributed by atoms with Gasteiger partial charge >= 0.3 is 6.03 Å². The number of carbonyl (C=O) groups is 2. The third-order valence-corrected chi connectivity index (χ3v) is 5.04. The van der Waals surface area contributed by atoms with Gasteiger partial charge in [-0.05, 0) is 49.2 Å². The van der Waals surface area contributed by atoms with Gasteiger partial charge in [-0.25, -0.2) is 4.79 Å². The second-order valence-electron chi connectivity index (χ2n) is 6.76. The molecule has 1 atom stereocenters. The average molecular weight is 412 g/mol. The number of anilines is 2. The van der Waals surface area contributed by atoms with Crippen LogP contribution in [0.25, 0.3) is 0 Å². The molecule has 1 aromatic heterocycles. The molecule has 29 heavy (non-hydrogen) atoms. The molecule has 3 N–H and O–H groups in total. The molecule has 150 valence electrons. The zero-order valence-electron chi connectivity index (χ0n) is 16.2. The fraction of sp³-hybridized carbons (Fsp3) is 0.182. The Labute approximate surface area is 174 Å². The molecule has 0 aliphatic rings. The summed E-state index contributed by atoms with van der Waals surface area (Å²) in [6.07, 6.45) is 2.14. The highest BCUT2D eigenvalue weighted by Gasteiger charge is 2.26. The van der Waals surface area contributed by atoms with Gasteiger partial charge in [0.2, 0.25) is 0 Å². The lowest BCUT2D eigenvalue weighted by atomic mass is 9.89. The van der Waals surface area contributed by atoms with Crippen molar-refractivity contribution in [2.75, 3.05) is 10.6 Å². The van der Waals surface area contributed by atoms with Gasteiger partial charge in [0.15, 0.2) is 5.76 Å². The Hall–Kier alpha value is -3.25. The van der Waals surface area contributed by atoms with Gasteiger partial charge in [0.1, 0.15) is 0 Å². The van der Waals surface area contributed by atoms with E-state index in [0.717, 1.165) is 12.0 Å². The lowest BCUT2D eigenvalue weighted by Crippen LogP contribution is -2.45. The zero-order valence-corrected chi connectivity index (χ0v) is 16.9. The highest BCUT2D eigenvalue weighted by atomic mass is 35.5. The molecule has 0 spiro atoms. The van der Waals surface area contributed by atoms with Crippen LogP contribution in [0, 0.1) is 0 Å². The normalized spacial score (nSPS) is 12.7. The van der Waals surface area contributed by atoms with Crippen LogP contribution in [0.2, 0.25) is 5.02 Å². The van der Waals surface area contributed by atoms with Crippen LogP contribution >= 0.6 is 11.6 Å². The van der Waals surface area contributed by atoms with Crippen molar-refractivity contribution in [2.24, 2.45) is 0 Å². The number of hydrogen-bond donors (Lipinski definition) is 3. The van der Waals surface area contributed by atoms with E-state index in [0.29, 0.717) is 16.4 Å². The molecule has 0 bridgehead atoms. The second kappa shape index (κ2) is 8.84. The summed E-state index contributed by atoms with van der Waals surface area (Å²) in [7, 11) is 0. The predicted molar refractivity (Wildman–Crippen MR) is 114 cm³/mol. The monoisotopic (exact) mass is 411 g/mol. The van der Waals surface area contributed by atoms with Crippen LogP contribution in [0.4, 0.5) is 16.2 Å². The minimum absolute atomic E-state index is 0.183. The number of benzene rings is 2. The van der Waals surface area contributed by atoms with Crippen LogP contribution in [0.15, 0.2) is 71.3 Å². The number of halogens is 1. The fourth-order valence-corrected chi connectivity index (χ4v) is 3.10. The summed E-state index contributed by atoms with van der Waals surface area (Å²) in [5.74, 6) is -0.223. The lowest BCUT2D eigenvalue weighted by molar-refractivity contribution is 0.0996. The van der Waals surface area contributed by atoms with Gasteiger partial charge in [0.05, 0.1) is 22.5 Å². The van der Waals surface area contributed by atoms with Crippen molar-refractivity contribution < 1.29 is 14.0 Å². The first kappa shape index (κ1) is 20.5. The standard InChI is InChI=1S/C22H22ClN3O3/c1-3-22(2,15-8-5-4-6-9-15)26-21(28)24-16-11-12-18(17(23)14-16)25-20(27)19-10-7-13-29-19/h4-14H,3H2,1-2H3,(H,25,27)(H2,24,26,28). The molecule has 7 heteroatoms. The largest absolute Gasteiger partial charge is 0.459 e. The molecule has 3 rings (SSSR count). The van der Waals surface area contributed by atoms with E-state index in [1.807, 2.05) is 44.2 Å². The first-order chi connectivity index (χ1) is 13.9. The van der Waals surface area contributed by atoms with E-state index < -0.39 is 11.4 Å². The predicted octanol–water partition coefficient (Wildman–Crippen LogP) is 5.63. The second-order valence-corrected chi connectivity index (χ2v) is 7.16. The van der Waals surface area contributed by atoms with Gasteiger partial charge in [-0.2, -0.15) is 0 Å². The molecule has 0 aliphatic heterocycles. The summed E-state index contributed by atoms with van der Waals surface area (Å²) in [5.41, 5.74) is 1.44. The van der Waals surface area contributed by atoms with Crippen molar-refractivity contribution in [1.82, 2.24) is 5.32 Å². The summed E-state index contributed by atoms with van der Waals surface area (Å²) in [4.78, 5) is 24.6. The maximum atomic E-state index is 12.5. The van der Waals surface area contributed by atoms with Crippen molar-refractivity contribution in [3.05, 3.63) is 83.3 Å². The number of furan rings is 1. The summed E-state index contributed by atoms with van der Waals surface area (Å²) < 4.78 is 5.06. The third-order valence-electron chi connectivity index (χ3n) is 4.73. The Balaban J connectivity index is 1.66. The van der Waals surface area contributed by atoms with Crippen LogP contribution in [-0.4, -0.2) is 11.9 Å². The number of urea groups is 1. The van der Waals surface area contributed by atoms with E-state index in [4.69, 9.17) is 16.0 Å². The highest BCUT2D eigenvalue weighted by Crippen LogP contribution is 2.27. The van der Waals surface area contributed by atoms with E-state index in [-0.39, 0.29) is 11.8 Å². The molecule has 0 radical (unpaired) electrons. The molecular formula is C22H22ClN3O3. The molecule has 3 aromatic rings. The van der Waals surface area contributed by atoms with E-state index in [1.54, 1.807) is 30.3 Å². The van der Waals surface area contributed by atoms with E-state index in [9.17, 15) is 9.59 Å². The summed E-state index contributed by atoms with van der Waals surface area (Å²) in [6, 6.07) is 17.5. The highest BCUT2D eigenvalue weighted by molar-refractivity contribution is 6.34. The molecule has 1 heterocycles. The van der Waals surface area contributed by atoms with Crippen molar-refractivity contribution in [2.45, 2.75) is 25.8 Å². The average Bonchev–Trinajstić information content (AvgIpc) is 3.25. The minimum atomic E-state index is -0.508. The van der Waals surface area contributed by atoms with Gasteiger partial charge in [-0.1, -0.05) is 48.9 Å². The van der Waals surface area contributed by atoms with Crippen molar-refractivity contribution in [3.8, 4) is 0 Å². The molecule has 0 aliphatic carbocycles. The Kier molecular flexibility index (Phi) is 6.24. The first-order valence-corrected chi connectivity index (χ1v) is 9.58. The molecule has 6 nitrogen and oxygen atoms in total. The van der Waals surface area contributed by atoms with Gasteiger partial charge in [0, 0.05) is 5.69 Å². The fourth-order valence-electron chi connectivity index (χ4n) is 2.87. The summed E-state index contributed by atoms with van der Waals surface area (Å²) >= 11 is 6.26. The number of amides is 3. The lowest BCUT2D eigenvalue weighted by Gasteiger charge is -2.30. The molecule has 2 aromatic carbocycles. The van der Waals surface area contributed by atoms with Crippen molar-refractivity contribution in [3.63, 3.8) is 0 Å². The molecule has 3 amide bonds. The molecule has 0 fully saturated rings. The van der Waals surface area contributed by atoms with Crippen LogP contribution in [0.3, 0.4) is 0 Å². The smallest absolute Gasteiger partial charge is 0.319 e. The van der Waals surface area contributed by atoms with Gasteiger partial charge in [-0.15, -0.1) is 0 Å². The quantitative estimate of drug-likeness (QED) is 0.491. The molecule has 1 unspecified atom stereocenters. The van der Waals surface area contributed by atoms with Crippen LogP contribution in [-0.2, 0) is 5.54 Å². The third kappa shape index (κ3) is 4.97. The first-order valence-electron chi connectivity index (χ1n) is 9.20. The zero-order chi connectivity index (χ0) is 20.9. The number of hydrogen-bond acceptors (Lipinski definition) is 3. The SMILES string of the molecule is CCC(C)(NC(=O)Nc1ccc(NC(=O)c2ccco2)c(Cl)c1)c1ccccc1.